The summed E-state index contributed by atoms with van der Waals surface area (Å²) < 4.78 is 0. The first-order chi connectivity index (χ1) is 7.60. The maximum Gasteiger partial charge on any atom is 0.407 e. The second-order valence-electron chi connectivity index (χ2n) is 3.14. The van der Waals surface area contributed by atoms with E-state index in [1.165, 1.54) is 24.3 Å². The summed E-state index contributed by atoms with van der Waals surface area (Å²) in [5.74, 6) is -2.32. The van der Waals surface area contributed by atoms with Crippen LogP contribution in [-0.4, -0.2) is 16.7 Å². The molecule has 0 aromatic heterocycles. The summed E-state index contributed by atoms with van der Waals surface area (Å²) in [6.45, 7) is 0. The van der Waals surface area contributed by atoms with Gasteiger partial charge in [0.15, 0.2) is 0 Å². The van der Waals surface area contributed by atoms with Gasteiger partial charge in [-0.3, -0.25) is 19.7 Å². The van der Waals surface area contributed by atoms with Crippen molar-refractivity contribution in [3.05, 3.63) is 46.0 Å². The van der Waals surface area contributed by atoms with Crippen molar-refractivity contribution in [3.63, 3.8) is 0 Å². The van der Waals surface area contributed by atoms with Crippen molar-refractivity contribution in [3.8, 4) is 0 Å². The molecule has 2 rings (SSSR count). The molecule has 1 aliphatic heterocycles. The Bertz CT molecular complexity index is 491. The van der Waals surface area contributed by atoms with E-state index in [0.717, 1.165) is 0 Å². The van der Waals surface area contributed by atoms with Gasteiger partial charge in [-0.25, -0.2) is 0 Å². The second-order valence-corrected chi connectivity index (χ2v) is 3.14. The smallest absolute Gasteiger partial charge is 0.262 e. The minimum absolute atomic E-state index is 0.0278. The average Bonchev–Trinajstić information content (AvgIpc) is 2.57. The van der Waals surface area contributed by atoms with Gasteiger partial charge in [-0.2, -0.15) is 0 Å². The molecule has 2 amide bonds. The molecule has 7 heteroatoms. The van der Waals surface area contributed by atoms with E-state index in [1.807, 2.05) is 0 Å². The Morgan fingerprint density at radius 3 is 2.00 bits per heavy atom. The largest absolute Gasteiger partial charge is 0.407 e. The van der Waals surface area contributed by atoms with Gasteiger partial charge < -0.3 is 0 Å². The zero-order valence-corrected chi connectivity index (χ0v) is 7.86. The topological polar surface area (TPSA) is 102 Å². The van der Waals surface area contributed by atoms with E-state index < -0.39 is 22.3 Å². The third-order valence-corrected chi connectivity index (χ3v) is 2.32. The van der Waals surface area contributed by atoms with Gasteiger partial charge in [-0.15, -0.1) is 0 Å². The third kappa shape index (κ3) is 1.08. The molecule has 0 saturated carbocycles. The fourth-order valence-electron chi connectivity index (χ4n) is 1.51. The van der Waals surface area contributed by atoms with Crippen LogP contribution >= 0.6 is 0 Å². The lowest BCUT2D eigenvalue weighted by molar-refractivity contribution is -0.542. The normalized spacial score (nSPS) is 17.8. The van der Waals surface area contributed by atoms with Crippen LogP contribution in [0.4, 0.5) is 0 Å². The van der Waals surface area contributed by atoms with Crippen LogP contribution < -0.4 is 0 Å². The van der Waals surface area contributed by atoms with Crippen LogP contribution in [0.15, 0.2) is 40.6 Å². The minimum atomic E-state index is -2.48. The first-order valence-corrected chi connectivity index (χ1v) is 4.30. The molecule has 0 bridgehead atoms. The molecule has 0 unspecified atom stereocenters. The van der Waals surface area contributed by atoms with Gasteiger partial charge in [0.25, 0.3) is 0 Å². The third-order valence-electron chi connectivity index (χ3n) is 2.32. The molecule has 0 atom stereocenters. The van der Waals surface area contributed by atoms with Crippen LogP contribution in [0.1, 0.15) is 5.56 Å². The number of nitrogens with zero attached hydrogens (tertiary/aromatic N) is 3. The monoisotopic (exact) mass is 219 g/mol. The molecule has 1 aromatic rings. The summed E-state index contributed by atoms with van der Waals surface area (Å²) in [4.78, 5) is 32.9. The Balaban J connectivity index is 2.67. The number of amides is 2. The fourth-order valence-corrected chi connectivity index (χ4v) is 1.51. The number of hydrogen-bond donors (Lipinski definition) is 0. The van der Waals surface area contributed by atoms with Crippen LogP contribution in [0.5, 0.6) is 0 Å². The molecule has 7 nitrogen and oxygen atoms in total. The number of hydrogen-bond acceptors (Lipinski definition) is 4. The summed E-state index contributed by atoms with van der Waals surface area (Å²) in [7, 11) is 0. The van der Waals surface area contributed by atoms with Crippen LogP contribution in [0.25, 0.3) is 0 Å². The van der Waals surface area contributed by atoms with Crippen LogP contribution in [0, 0.1) is 10.1 Å². The Hall–Kier alpha value is -2.44. The molecule has 80 valence electrons. The number of azo groups is 1. The van der Waals surface area contributed by atoms with Crippen LogP contribution in [-0.2, 0) is 15.1 Å². The lowest BCUT2D eigenvalue weighted by atomic mass is 9.90. The van der Waals surface area contributed by atoms with Gasteiger partial charge in [0.1, 0.15) is 0 Å². The van der Waals surface area contributed by atoms with E-state index in [0.29, 0.717) is 0 Å². The second kappa shape index (κ2) is 3.30. The molecule has 0 spiro atoms. The summed E-state index contributed by atoms with van der Waals surface area (Å²) in [5, 5.41) is 16.9. The van der Waals surface area contributed by atoms with Crippen LogP contribution in [0.2, 0.25) is 0 Å². The van der Waals surface area contributed by atoms with E-state index in [1.54, 1.807) is 6.07 Å². The van der Waals surface area contributed by atoms with Gasteiger partial charge >= 0.3 is 17.4 Å². The van der Waals surface area contributed by atoms with Crippen molar-refractivity contribution in [2.24, 2.45) is 10.2 Å². The fraction of sp³-hybridized carbons (Fsp3) is 0.111. The zero-order valence-electron chi connectivity index (χ0n) is 7.86. The van der Waals surface area contributed by atoms with Crippen molar-refractivity contribution < 1.29 is 14.5 Å². The summed E-state index contributed by atoms with van der Waals surface area (Å²) >= 11 is 0. The first kappa shape index (κ1) is 10.1. The van der Waals surface area contributed by atoms with E-state index in [4.69, 9.17) is 0 Å². The number of nitro groups is 1. The Morgan fingerprint density at radius 2 is 1.56 bits per heavy atom. The van der Waals surface area contributed by atoms with E-state index in [2.05, 4.69) is 10.2 Å². The Labute approximate surface area is 88.9 Å². The predicted molar refractivity (Wildman–Crippen MR) is 50.0 cm³/mol. The van der Waals surface area contributed by atoms with Crippen molar-refractivity contribution in [2.75, 3.05) is 0 Å². The van der Waals surface area contributed by atoms with Crippen molar-refractivity contribution in [1.29, 1.82) is 0 Å². The Kier molecular flexibility index (Phi) is 2.08. The highest BCUT2D eigenvalue weighted by Crippen LogP contribution is 2.32. The van der Waals surface area contributed by atoms with Gasteiger partial charge in [0, 0.05) is 5.56 Å². The molecule has 0 N–H and O–H groups in total. The number of carbonyl (C=O) groups excluding carboxylic acids is 2. The molecular formula is C9H5N3O4. The molecule has 1 aromatic carbocycles. The summed E-state index contributed by atoms with van der Waals surface area (Å²) in [6.07, 6.45) is 0. The van der Waals surface area contributed by atoms with Gasteiger partial charge in [0.05, 0.1) is 4.92 Å². The molecular weight excluding hydrogens is 214 g/mol. The van der Waals surface area contributed by atoms with Crippen LogP contribution in [0.3, 0.4) is 0 Å². The SMILES string of the molecule is O=C1N=NC(=O)C1(c1ccccc1)[N+](=O)[O-]. The van der Waals surface area contributed by atoms with Crippen molar-refractivity contribution >= 4 is 11.8 Å². The summed E-state index contributed by atoms with van der Waals surface area (Å²) in [6, 6.07) is 7.28. The van der Waals surface area contributed by atoms with Crippen molar-refractivity contribution in [2.45, 2.75) is 5.54 Å². The number of carbonyl (C=O) groups is 2. The van der Waals surface area contributed by atoms with Gasteiger partial charge in [0.2, 0.25) is 0 Å². The number of benzene rings is 1. The first-order valence-electron chi connectivity index (χ1n) is 4.30. The highest BCUT2D eigenvalue weighted by molar-refractivity contribution is 6.12. The standard InChI is InChI=1S/C9H5N3O4/c13-7-9(12(15)16,8(14)11-10-7)6-4-2-1-3-5-6/h1-5H. The highest BCUT2D eigenvalue weighted by Gasteiger charge is 2.64. The molecule has 16 heavy (non-hydrogen) atoms. The zero-order chi connectivity index (χ0) is 11.8. The van der Waals surface area contributed by atoms with E-state index in [-0.39, 0.29) is 5.56 Å². The lowest BCUT2D eigenvalue weighted by Gasteiger charge is -2.13. The number of rotatable bonds is 2. The average molecular weight is 219 g/mol. The maximum atomic E-state index is 11.4. The highest BCUT2D eigenvalue weighted by atomic mass is 16.6. The van der Waals surface area contributed by atoms with Gasteiger partial charge in [-0.05, 0) is 0 Å². The molecule has 1 aliphatic rings. The van der Waals surface area contributed by atoms with E-state index >= 15 is 0 Å². The lowest BCUT2D eigenvalue weighted by Crippen LogP contribution is -2.46. The Morgan fingerprint density at radius 1 is 1.06 bits per heavy atom. The maximum absolute atomic E-state index is 11.4. The minimum Gasteiger partial charge on any atom is -0.262 e. The summed E-state index contributed by atoms with van der Waals surface area (Å²) in [5.41, 5.74) is -2.51. The molecule has 0 fully saturated rings. The molecule has 0 radical (unpaired) electrons. The van der Waals surface area contributed by atoms with Gasteiger partial charge in [-0.1, -0.05) is 40.6 Å². The molecule has 0 aliphatic carbocycles. The quantitative estimate of drug-likeness (QED) is 0.414. The predicted octanol–water partition coefficient (Wildman–Crippen LogP) is 0.678. The van der Waals surface area contributed by atoms with Crippen molar-refractivity contribution in [1.82, 2.24) is 0 Å². The molecule has 1 heterocycles. The molecule has 0 saturated heterocycles. The van der Waals surface area contributed by atoms with E-state index in [9.17, 15) is 19.7 Å².